The molecule has 238 valence electrons. The van der Waals surface area contributed by atoms with Gasteiger partial charge in [-0.3, -0.25) is 0 Å². The Morgan fingerprint density at radius 3 is 1.45 bits per heavy atom. The molecule has 10 aromatic rings. The molecule has 0 N–H and O–H groups in total. The molecule has 1 aromatic heterocycles. The summed E-state index contributed by atoms with van der Waals surface area (Å²) in [5.41, 5.74) is 4.27. The Hall–Kier alpha value is -6.70. The van der Waals surface area contributed by atoms with Crippen molar-refractivity contribution in [2.24, 2.45) is 0 Å². The highest BCUT2D eigenvalue weighted by Crippen LogP contribution is 2.48. The van der Waals surface area contributed by atoms with Gasteiger partial charge in [-0.15, -0.1) is 0 Å². The maximum Gasteiger partial charge on any atom is 0.136 e. The molecule has 1 nitrogen and oxygen atoms in total. The summed E-state index contributed by atoms with van der Waals surface area (Å²) in [5, 5.41) is 4.95. The quantitative estimate of drug-likeness (QED) is 0.167. The lowest BCUT2D eigenvalue weighted by atomic mass is 9.83. The molecule has 0 unspecified atom stereocenters. The molecule has 0 bridgehead atoms. The number of hydrogen-bond donors (Lipinski definition) is 0. The van der Waals surface area contributed by atoms with Crippen molar-refractivity contribution in [2.45, 2.75) is 0 Å². The van der Waals surface area contributed by atoms with E-state index in [9.17, 15) is 2.74 Å². The van der Waals surface area contributed by atoms with Gasteiger partial charge in [0.25, 0.3) is 0 Å². The first-order valence-electron chi connectivity index (χ1n) is 23.4. The summed E-state index contributed by atoms with van der Waals surface area (Å²) in [6.45, 7) is 0. The summed E-state index contributed by atoms with van der Waals surface area (Å²) >= 11 is 0. The van der Waals surface area contributed by atoms with E-state index in [2.05, 4.69) is 0 Å². The van der Waals surface area contributed by atoms with Crippen molar-refractivity contribution in [1.29, 1.82) is 0 Å². The molecule has 0 amide bonds. The Bertz CT molecular complexity index is 3580. The third-order valence-electron chi connectivity index (χ3n) is 9.33. The molecule has 51 heavy (non-hydrogen) atoms. The van der Waals surface area contributed by atoms with E-state index in [1.54, 1.807) is 24.3 Å². The van der Waals surface area contributed by atoms with Crippen LogP contribution in [0, 0.1) is 0 Å². The van der Waals surface area contributed by atoms with Crippen molar-refractivity contribution >= 4 is 43.5 Å². The van der Waals surface area contributed by atoms with Crippen LogP contribution >= 0.6 is 0 Å². The summed E-state index contributed by atoms with van der Waals surface area (Å²) in [5.74, 6) is 0. The van der Waals surface area contributed by atoms with Crippen LogP contribution in [0.5, 0.6) is 0 Å². The predicted molar refractivity (Wildman–Crippen MR) is 216 cm³/mol. The third kappa shape index (κ3) is 4.86. The Labute approximate surface area is 316 Å². The second-order valence-corrected chi connectivity index (χ2v) is 12.1. The highest BCUT2D eigenvalue weighted by molar-refractivity contribution is 6.26. The Morgan fingerprint density at radius 1 is 0.333 bits per heavy atom. The molecular weight excluding hydrogens is 617 g/mol. The van der Waals surface area contributed by atoms with Crippen LogP contribution in [0.2, 0.25) is 0 Å². The van der Waals surface area contributed by atoms with E-state index in [1.807, 2.05) is 84.9 Å². The average molecular weight is 663 g/mol. The van der Waals surface area contributed by atoms with Gasteiger partial charge in [0.05, 0.1) is 19.2 Å². The van der Waals surface area contributed by atoms with Gasteiger partial charge in [-0.1, -0.05) is 176 Å². The van der Waals surface area contributed by atoms with E-state index in [-0.39, 0.29) is 28.8 Å². The van der Waals surface area contributed by atoms with E-state index in [1.165, 1.54) is 0 Å². The molecule has 0 atom stereocenters. The summed E-state index contributed by atoms with van der Waals surface area (Å²) in [6, 6.07) is 27.0. The number of rotatable bonds is 5. The van der Waals surface area contributed by atoms with Crippen LogP contribution in [0.3, 0.4) is 0 Å². The van der Waals surface area contributed by atoms with Gasteiger partial charge in [-0.2, -0.15) is 0 Å². The minimum absolute atomic E-state index is 0.0124. The van der Waals surface area contributed by atoms with Crippen LogP contribution in [0.15, 0.2) is 198 Å². The van der Waals surface area contributed by atoms with Crippen LogP contribution in [0.25, 0.3) is 99.1 Å². The van der Waals surface area contributed by atoms with Gasteiger partial charge < -0.3 is 4.42 Å². The lowest BCUT2D eigenvalue weighted by Crippen LogP contribution is -1.93. The van der Waals surface area contributed by atoms with E-state index in [4.69, 9.17) is 20.9 Å². The highest BCUT2D eigenvalue weighted by Gasteiger charge is 2.21. The molecule has 1 heteroatoms. The minimum atomic E-state index is -0.645. The van der Waals surface area contributed by atoms with Crippen LogP contribution in [-0.2, 0) is 0 Å². The zero-order valence-corrected chi connectivity index (χ0v) is 26.8. The summed E-state index contributed by atoms with van der Waals surface area (Å²) in [6.07, 6.45) is 0. The Balaban J connectivity index is 1.21. The van der Waals surface area contributed by atoms with Crippen molar-refractivity contribution in [3.63, 3.8) is 0 Å². The second kappa shape index (κ2) is 12.0. The fourth-order valence-electron chi connectivity index (χ4n) is 7.16. The third-order valence-corrected chi connectivity index (χ3v) is 9.33. The lowest BCUT2D eigenvalue weighted by molar-refractivity contribution is 0.669. The summed E-state index contributed by atoms with van der Waals surface area (Å²) in [4.78, 5) is 0. The standard InChI is InChI=1S/C50H32O/c1-3-14-33(15-4-1)35-26-28-36(29-27-35)38-18-7-8-19-39(38)48-40-20-9-11-22-42(40)49(43-23-12-10-21-41(43)48)45-24-13-25-46-50(45)44-31-30-37(32-47(44)51-46)34-16-5-2-6-17-34/h1-32H/i1D,2D,3D,4D,5D,6D,14D,15D,16D,17D,26D,27D,28D,29D. The zero-order chi connectivity index (χ0) is 45.9. The predicted octanol–water partition coefficient (Wildman–Crippen LogP) is 14.2. The zero-order valence-electron chi connectivity index (χ0n) is 40.8. The van der Waals surface area contributed by atoms with Gasteiger partial charge in [-0.05, 0) is 95.4 Å². The molecule has 10 rings (SSSR count). The molecule has 0 aliphatic rings. The lowest BCUT2D eigenvalue weighted by Gasteiger charge is -2.20. The van der Waals surface area contributed by atoms with E-state index < -0.39 is 78.1 Å². The van der Waals surface area contributed by atoms with E-state index >= 15 is 0 Å². The molecule has 1 heterocycles. The van der Waals surface area contributed by atoms with Crippen LogP contribution < -0.4 is 0 Å². The first-order chi connectivity index (χ1) is 31.1. The molecule has 0 aliphatic heterocycles. The number of fused-ring (bicyclic) bond motifs is 5. The van der Waals surface area contributed by atoms with Crippen molar-refractivity contribution < 1.29 is 23.6 Å². The molecule has 0 aliphatic carbocycles. The van der Waals surface area contributed by atoms with Gasteiger partial charge >= 0.3 is 0 Å². The Kier molecular flexibility index (Phi) is 4.32. The van der Waals surface area contributed by atoms with Gasteiger partial charge in [-0.25, -0.2) is 0 Å². The Morgan fingerprint density at radius 2 is 0.824 bits per heavy atom. The number of hydrogen-bond acceptors (Lipinski definition) is 1. The van der Waals surface area contributed by atoms with Crippen molar-refractivity contribution in [2.75, 3.05) is 0 Å². The van der Waals surface area contributed by atoms with Crippen LogP contribution in [-0.4, -0.2) is 0 Å². The van der Waals surface area contributed by atoms with Gasteiger partial charge in [0.1, 0.15) is 11.2 Å². The van der Waals surface area contributed by atoms with Crippen LogP contribution in [0.4, 0.5) is 0 Å². The van der Waals surface area contributed by atoms with Crippen molar-refractivity contribution in [3.8, 4) is 55.6 Å². The molecule has 0 saturated carbocycles. The number of furan rings is 1. The maximum absolute atomic E-state index is 9.32. The van der Waals surface area contributed by atoms with Crippen LogP contribution in [0.1, 0.15) is 19.2 Å². The average Bonchev–Trinajstić information content (AvgIpc) is 3.70. The molecular formula is C50H32O. The van der Waals surface area contributed by atoms with Crippen molar-refractivity contribution in [3.05, 3.63) is 194 Å². The molecule has 0 fully saturated rings. The van der Waals surface area contributed by atoms with Gasteiger partial charge in [0.2, 0.25) is 0 Å². The smallest absolute Gasteiger partial charge is 0.136 e. The number of benzene rings is 9. The second-order valence-electron chi connectivity index (χ2n) is 12.1. The minimum Gasteiger partial charge on any atom is -0.456 e. The highest BCUT2D eigenvalue weighted by atomic mass is 16.3. The molecule has 0 spiro atoms. The summed E-state index contributed by atoms with van der Waals surface area (Å²) in [7, 11) is 0. The summed E-state index contributed by atoms with van der Waals surface area (Å²) < 4.78 is 127. The molecule has 0 saturated heterocycles. The molecule has 9 aromatic carbocycles. The van der Waals surface area contributed by atoms with Gasteiger partial charge in [0.15, 0.2) is 0 Å². The fourth-order valence-corrected chi connectivity index (χ4v) is 7.16. The first kappa shape index (κ1) is 18.3. The largest absolute Gasteiger partial charge is 0.456 e. The van der Waals surface area contributed by atoms with Crippen molar-refractivity contribution in [1.82, 2.24) is 0 Å². The van der Waals surface area contributed by atoms with Gasteiger partial charge in [0, 0.05) is 10.8 Å². The SMILES string of the molecule is [2H]c1c([2H])c([2H])c(-c2ccc3c(c2)oc2cccc(-c4c5ccccc5c(-c5ccccc5-c5c([2H])c([2H])c(-c6c([2H])c([2H])c([2H])c([2H])c6[2H])c([2H])c5[2H])c5ccccc45)c23)c([2H])c1[2H]. The molecule has 0 radical (unpaired) electrons. The van der Waals surface area contributed by atoms with E-state index in [0.29, 0.717) is 27.9 Å². The van der Waals surface area contributed by atoms with E-state index in [0.717, 1.165) is 49.0 Å². The monoisotopic (exact) mass is 662 g/mol. The first-order valence-corrected chi connectivity index (χ1v) is 16.4. The fraction of sp³-hybridized carbons (Fsp3) is 0. The maximum atomic E-state index is 9.32. The normalized spacial score (nSPS) is 15.4. The topological polar surface area (TPSA) is 13.1 Å².